The standard InChI is InChI=1S/C26H28N6O2S/c1-15(2)16-6-7-20(27)19(12-16)26(24(28)33)31-22-9-11-32(14-23(22)35-26)25(34)30-21-5-3-4-17-13-29-10-8-18(17)21/h3-8,10,12-13,15,31H,9,11,14,27H2,1-2H3,(H2,28,33)(H,30,34). The average Bonchev–Trinajstić information content (AvgIpc) is 3.24. The highest BCUT2D eigenvalue weighted by atomic mass is 32.2. The number of carbonyl (C=O) groups is 2. The molecular weight excluding hydrogens is 460 g/mol. The van der Waals surface area contributed by atoms with E-state index < -0.39 is 10.8 Å². The van der Waals surface area contributed by atoms with Crippen LogP contribution in [-0.4, -0.2) is 34.9 Å². The van der Waals surface area contributed by atoms with Crippen molar-refractivity contribution in [3.8, 4) is 0 Å². The molecule has 2 aliphatic rings. The van der Waals surface area contributed by atoms with E-state index in [0.29, 0.717) is 30.8 Å². The second-order valence-electron chi connectivity index (χ2n) is 9.18. The molecule has 9 heteroatoms. The zero-order valence-electron chi connectivity index (χ0n) is 19.7. The number of nitrogens with one attached hydrogen (secondary N) is 2. The zero-order valence-corrected chi connectivity index (χ0v) is 20.5. The molecule has 2 aromatic carbocycles. The summed E-state index contributed by atoms with van der Waals surface area (Å²) in [5, 5.41) is 8.30. The van der Waals surface area contributed by atoms with Crippen molar-refractivity contribution in [2.45, 2.75) is 31.1 Å². The Morgan fingerprint density at radius 3 is 2.83 bits per heavy atom. The molecule has 0 saturated heterocycles. The highest BCUT2D eigenvalue weighted by Crippen LogP contribution is 2.49. The summed E-state index contributed by atoms with van der Waals surface area (Å²) in [7, 11) is 0. The van der Waals surface area contributed by atoms with Gasteiger partial charge in [-0.05, 0) is 35.7 Å². The Morgan fingerprint density at radius 2 is 2.06 bits per heavy atom. The molecule has 3 amide bonds. The average molecular weight is 489 g/mol. The van der Waals surface area contributed by atoms with E-state index in [0.717, 1.165) is 32.6 Å². The van der Waals surface area contributed by atoms with Gasteiger partial charge in [0.15, 0.2) is 4.87 Å². The highest BCUT2D eigenvalue weighted by Gasteiger charge is 2.48. The van der Waals surface area contributed by atoms with Crippen LogP contribution >= 0.6 is 11.8 Å². The number of fused-ring (bicyclic) bond motifs is 1. The molecule has 180 valence electrons. The first-order valence-corrected chi connectivity index (χ1v) is 12.4. The smallest absolute Gasteiger partial charge is 0.322 e. The van der Waals surface area contributed by atoms with Crippen molar-refractivity contribution in [1.29, 1.82) is 0 Å². The van der Waals surface area contributed by atoms with Gasteiger partial charge < -0.3 is 27.0 Å². The molecule has 5 rings (SSSR count). The van der Waals surface area contributed by atoms with Gasteiger partial charge in [0, 0.05) is 58.0 Å². The summed E-state index contributed by atoms with van der Waals surface area (Å²) in [4.78, 5) is 31.6. The summed E-state index contributed by atoms with van der Waals surface area (Å²) < 4.78 is 0. The molecule has 1 aromatic heterocycles. The number of benzene rings is 2. The first kappa shape index (κ1) is 23.0. The number of amides is 3. The summed E-state index contributed by atoms with van der Waals surface area (Å²) in [6.07, 6.45) is 4.07. The fraction of sp³-hybridized carbons (Fsp3) is 0.269. The summed E-state index contributed by atoms with van der Waals surface area (Å²) >= 11 is 1.35. The van der Waals surface area contributed by atoms with Crippen LogP contribution in [0.2, 0.25) is 0 Å². The number of nitrogen functional groups attached to an aromatic ring is 1. The van der Waals surface area contributed by atoms with E-state index in [-0.39, 0.29) is 11.9 Å². The lowest BCUT2D eigenvalue weighted by Crippen LogP contribution is -2.47. The molecule has 3 aromatic rings. The zero-order chi connectivity index (χ0) is 24.7. The Bertz CT molecular complexity index is 1370. The monoisotopic (exact) mass is 488 g/mol. The third-order valence-electron chi connectivity index (χ3n) is 6.59. The van der Waals surface area contributed by atoms with Crippen molar-refractivity contribution >= 4 is 45.8 Å². The van der Waals surface area contributed by atoms with E-state index in [1.807, 2.05) is 42.5 Å². The van der Waals surface area contributed by atoms with E-state index in [4.69, 9.17) is 11.5 Å². The summed E-state index contributed by atoms with van der Waals surface area (Å²) in [6, 6.07) is 13.2. The second kappa shape index (κ2) is 8.81. The molecule has 1 atom stereocenters. The molecule has 0 bridgehead atoms. The van der Waals surface area contributed by atoms with Crippen LogP contribution in [0.3, 0.4) is 0 Å². The van der Waals surface area contributed by atoms with Crippen LogP contribution < -0.4 is 22.1 Å². The maximum Gasteiger partial charge on any atom is 0.322 e. The summed E-state index contributed by atoms with van der Waals surface area (Å²) in [6.45, 7) is 5.08. The van der Waals surface area contributed by atoms with Gasteiger partial charge in [-0.1, -0.05) is 43.8 Å². The molecule has 8 nitrogen and oxygen atoms in total. The predicted octanol–water partition coefficient (Wildman–Crippen LogP) is 4.06. The predicted molar refractivity (Wildman–Crippen MR) is 141 cm³/mol. The highest BCUT2D eigenvalue weighted by molar-refractivity contribution is 8.05. The number of aromatic nitrogens is 1. The van der Waals surface area contributed by atoms with Gasteiger partial charge in [0.1, 0.15) is 0 Å². The third-order valence-corrected chi connectivity index (χ3v) is 8.04. The van der Waals surface area contributed by atoms with Crippen LogP contribution in [0.4, 0.5) is 16.2 Å². The van der Waals surface area contributed by atoms with Gasteiger partial charge in [-0.2, -0.15) is 0 Å². The van der Waals surface area contributed by atoms with Crippen LogP contribution in [0.1, 0.15) is 37.3 Å². The first-order chi connectivity index (χ1) is 16.8. The largest absolute Gasteiger partial charge is 0.398 e. The van der Waals surface area contributed by atoms with Gasteiger partial charge in [0.2, 0.25) is 0 Å². The normalized spacial score (nSPS) is 19.6. The number of anilines is 2. The van der Waals surface area contributed by atoms with E-state index in [1.54, 1.807) is 17.3 Å². The van der Waals surface area contributed by atoms with Crippen LogP contribution in [0.5, 0.6) is 0 Å². The SMILES string of the molecule is CC(C)c1ccc(N)c(C2(C(N)=O)NC3=C(CN(C(=O)Nc4cccc5cnccc45)CC3)S2)c1. The molecule has 2 aliphatic heterocycles. The molecule has 0 radical (unpaired) electrons. The molecule has 0 saturated carbocycles. The molecular formula is C26H28N6O2S. The van der Waals surface area contributed by atoms with E-state index in [1.165, 1.54) is 11.8 Å². The molecule has 3 heterocycles. The third kappa shape index (κ3) is 4.05. The number of nitrogens with zero attached hydrogens (tertiary/aromatic N) is 2. The maximum absolute atomic E-state index is 13.2. The number of nitrogens with two attached hydrogens (primary N) is 2. The van der Waals surface area contributed by atoms with Crippen molar-refractivity contribution in [1.82, 2.24) is 15.2 Å². The van der Waals surface area contributed by atoms with Crippen LogP contribution in [0.25, 0.3) is 10.8 Å². The Labute approximate surface area is 208 Å². The fourth-order valence-corrected chi connectivity index (χ4v) is 6.01. The molecule has 35 heavy (non-hydrogen) atoms. The number of carbonyl (C=O) groups excluding carboxylic acids is 2. The van der Waals surface area contributed by atoms with Gasteiger partial charge in [0.05, 0.1) is 12.2 Å². The first-order valence-electron chi connectivity index (χ1n) is 11.6. The van der Waals surface area contributed by atoms with Gasteiger partial charge >= 0.3 is 6.03 Å². The van der Waals surface area contributed by atoms with E-state index in [2.05, 4.69) is 29.5 Å². The number of pyridine rings is 1. The van der Waals surface area contributed by atoms with Crippen molar-refractivity contribution < 1.29 is 9.59 Å². The minimum Gasteiger partial charge on any atom is -0.398 e. The van der Waals surface area contributed by atoms with Crippen molar-refractivity contribution in [2.24, 2.45) is 5.73 Å². The molecule has 0 fully saturated rings. The summed E-state index contributed by atoms with van der Waals surface area (Å²) in [5.74, 6) is -0.234. The Hall–Kier alpha value is -3.72. The number of hydrogen-bond donors (Lipinski definition) is 4. The lowest BCUT2D eigenvalue weighted by atomic mass is 9.95. The van der Waals surface area contributed by atoms with E-state index in [9.17, 15) is 9.59 Å². The van der Waals surface area contributed by atoms with Crippen LogP contribution in [0, 0.1) is 0 Å². The van der Waals surface area contributed by atoms with Crippen molar-refractivity contribution in [3.63, 3.8) is 0 Å². The molecule has 0 spiro atoms. The molecule has 0 aliphatic carbocycles. The maximum atomic E-state index is 13.2. The minimum atomic E-state index is -1.20. The van der Waals surface area contributed by atoms with Gasteiger partial charge in [0.25, 0.3) is 5.91 Å². The second-order valence-corrected chi connectivity index (χ2v) is 10.5. The number of thioether (sulfide) groups is 1. The lowest BCUT2D eigenvalue weighted by molar-refractivity contribution is -0.121. The fourth-order valence-electron chi connectivity index (χ4n) is 4.59. The Morgan fingerprint density at radius 1 is 1.23 bits per heavy atom. The minimum absolute atomic E-state index is 0.195. The lowest BCUT2D eigenvalue weighted by Gasteiger charge is -2.29. The quantitative estimate of drug-likeness (QED) is 0.410. The number of hydrogen-bond acceptors (Lipinski definition) is 6. The molecule has 1 unspecified atom stereocenters. The van der Waals surface area contributed by atoms with Crippen molar-refractivity contribution in [3.05, 3.63) is 76.6 Å². The number of rotatable bonds is 4. The van der Waals surface area contributed by atoms with Crippen molar-refractivity contribution in [2.75, 3.05) is 24.1 Å². The Balaban J connectivity index is 1.38. The Kier molecular flexibility index (Phi) is 5.80. The van der Waals surface area contributed by atoms with Crippen LogP contribution in [0.15, 0.2) is 65.5 Å². The van der Waals surface area contributed by atoms with Gasteiger partial charge in [-0.25, -0.2) is 4.79 Å². The van der Waals surface area contributed by atoms with E-state index >= 15 is 0 Å². The topological polar surface area (TPSA) is 126 Å². The van der Waals surface area contributed by atoms with Crippen LogP contribution in [-0.2, 0) is 9.67 Å². The number of primary amides is 1. The van der Waals surface area contributed by atoms with Gasteiger partial charge in [-0.3, -0.25) is 9.78 Å². The summed E-state index contributed by atoms with van der Waals surface area (Å²) in [5.41, 5.74) is 16.2. The number of urea groups is 1. The molecule has 6 N–H and O–H groups in total. The van der Waals surface area contributed by atoms with Gasteiger partial charge in [-0.15, -0.1) is 0 Å².